The summed E-state index contributed by atoms with van der Waals surface area (Å²) in [5.41, 5.74) is 4.67. The molecule has 1 rings (SSSR count). The summed E-state index contributed by atoms with van der Waals surface area (Å²) in [7, 11) is 0. The first kappa shape index (κ1) is 5.54. The second kappa shape index (κ2) is 1.73. The quantitative estimate of drug-likeness (QED) is 0.430. The predicted octanol–water partition coefficient (Wildman–Crippen LogP) is 0.165. The molecular formula is C3H3N3O3. The van der Waals surface area contributed by atoms with Gasteiger partial charge in [-0.15, -0.1) is 0 Å². The molecule has 1 aromatic rings. The number of anilines is 1. The number of hydrogen-bond acceptors (Lipinski definition) is 5. The first-order valence-corrected chi connectivity index (χ1v) is 2.06. The molecule has 0 saturated carbocycles. The fraction of sp³-hybridized carbons (Fsp3) is 0. The van der Waals surface area contributed by atoms with Gasteiger partial charge in [-0.2, -0.15) is 0 Å². The fourth-order valence-electron chi connectivity index (χ4n) is 0.381. The largest absolute Gasteiger partial charge is 0.362 e. The number of nitrogens with two attached hydrogens (primary N) is 1. The Morgan fingerprint density at radius 3 is 2.78 bits per heavy atom. The van der Waals surface area contributed by atoms with Crippen molar-refractivity contribution in [2.24, 2.45) is 0 Å². The molecule has 0 fully saturated rings. The van der Waals surface area contributed by atoms with E-state index in [2.05, 4.69) is 9.68 Å². The molecule has 1 aromatic heterocycles. The molecule has 2 N–H and O–H groups in total. The number of rotatable bonds is 1. The van der Waals surface area contributed by atoms with Crippen molar-refractivity contribution in [3.05, 3.63) is 16.3 Å². The lowest BCUT2D eigenvalue weighted by atomic mass is 10.6. The number of nitrogen functional groups attached to an aromatic ring is 1. The lowest BCUT2D eigenvalue weighted by molar-refractivity contribution is -0.384. The van der Waals surface area contributed by atoms with Crippen LogP contribution >= 0.6 is 0 Å². The Bertz CT molecular complexity index is 230. The van der Waals surface area contributed by atoms with Gasteiger partial charge in [-0.1, -0.05) is 5.16 Å². The van der Waals surface area contributed by atoms with E-state index in [0.29, 0.717) is 0 Å². The zero-order valence-electron chi connectivity index (χ0n) is 4.27. The van der Waals surface area contributed by atoms with Gasteiger partial charge in [0.1, 0.15) is 0 Å². The van der Waals surface area contributed by atoms with E-state index in [1.165, 1.54) is 0 Å². The van der Waals surface area contributed by atoms with E-state index in [0.717, 1.165) is 6.20 Å². The molecule has 48 valence electrons. The van der Waals surface area contributed by atoms with Crippen molar-refractivity contribution in [2.45, 2.75) is 0 Å². The number of hydrogen-bond donors (Lipinski definition) is 1. The standard InChI is InChI=1S/C3H3N3O3/c4-3-2(6(7)8)1-5-9-3/h1H,4H2. The molecule has 0 spiro atoms. The third-order valence-corrected chi connectivity index (χ3v) is 0.775. The van der Waals surface area contributed by atoms with E-state index in [4.69, 9.17) is 5.73 Å². The van der Waals surface area contributed by atoms with Crippen molar-refractivity contribution >= 4 is 11.6 Å². The van der Waals surface area contributed by atoms with E-state index < -0.39 is 4.92 Å². The molecule has 0 aliphatic heterocycles. The average molecular weight is 129 g/mol. The SMILES string of the molecule is Nc1oncc1[N+](=O)[O-]. The smallest absolute Gasteiger partial charge is 0.352 e. The summed E-state index contributed by atoms with van der Waals surface area (Å²) in [4.78, 5) is 9.25. The highest BCUT2D eigenvalue weighted by atomic mass is 16.6. The number of nitrogens with zero attached hydrogens (tertiary/aromatic N) is 2. The maximum absolute atomic E-state index is 9.91. The highest BCUT2D eigenvalue weighted by Crippen LogP contribution is 2.17. The summed E-state index contributed by atoms with van der Waals surface area (Å²) in [6.07, 6.45) is 0.954. The van der Waals surface area contributed by atoms with Crippen LogP contribution in [0.3, 0.4) is 0 Å². The number of nitro groups is 1. The van der Waals surface area contributed by atoms with Gasteiger partial charge in [0.15, 0.2) is 6.20 Å². The molecule has 0 amide bonds. The minimum Gasteiger partial charge on any atom is -0.362 e. The van der Waals surface area contributed by atoms with Crippen LogP contribution in [0.1, 0.15) is 0 Å². The van der Waals surface area contributed by atoms with Crippen LogP contribution in [0.2, 0.25) is 0 Å². The van der Waals surface area contributed by atoms with Crippen molar-refractivity contribution in [3.8, 4) is 0 Å². The van der Waals surface area contributed by atoms with Gasteiger partial charge in [-0.25, -0.2) is 0 Å². The van der Waals surface area contributed by atoms with Crippen LogP contribution in [0.25, 0.3) is 0 Å². The van der Waals surface area contributed by atoms with E-state index in [1.54, 1.807) is 0 Å². The molecule has 0 aliphatic carbocycles. The Morgan fingerprint density at radius 1 is 1.89 bits per heavy atom. The van der Waals surface area contributed by atoms with Crippen molar-refractivity contribution in [1.82, 2.24) is 5.16 Å². The van der Waals surface area contributed by atoms with Gasteiger partial charge in [0.2, 0.25) is 0 Å². The first-order chi connectivity index (χ1) is 4.22. The van der Waals surface area contributed by atoms with Crippen LogP contribution in [-0.4, -0.2) is 10.1 Å². The highest BCUT2D eigenvalue weighted by molar-refractivity contribution is 5.46. The molecule has 9 heavy (non-hydrogen) atoms. The second-order valence-corrected chi connectivity index (χ2v) is 1.33. The van der Waals surface area contributed by atoms with Crippen LogP contribution in [0, 0.1) is 10.1 Å². The second-order valence-electron chi connectivity index (χ2n) is 1.33. The molecule has 1 heterocycles. The fourth-order valence-corrected chi connectivity index (χ4v) is 0.381. The van der Waals surface area contributed by atoms with Crippen molar-refractivity contribution in [3.63, 3.8) is 0 Å². The molecule has 0 unspecified atom stereocenters. The minimum absolute atomic E-state index is 0.264. The molecule has 0 saturated heterocycles. The van der Waals surface area contributed by atoms with Crippen LogP contribution in [-0.2, 0) is 0 Å². The maximum atomic E-state index is 9.91. The molecule has 0 aliphatic rings. The molecule has 0 bridgehead atoms. The molecule has 6 nitrogen and oxygen atoms in total. The van der Waals surface area contributed by atoms with Crippen LogP contribution < -0.4 is 5.73 Å². The van der Waals surface area contributed by atoms with Crippen LogP contribution in [0.4, 0.5) is 11.6 Å². The van der Waals surface area contributed by atoms with Crippen molar-refractivity contribution in [1.29, 1.82) is 0 Å². The molecule has 0 aromatic carbocycles. The van der Waals surface area contributed by atoms with E-state index >= 15 is 0 Å². The van der Waals surface area contributed by atoms with Gasteiger partial charge in [-0.3, -0.25) is 10.1 Å². The van der Waals surface area contributed by atoms with E-state index in [1.807, 2.05) is 0 Å². The minimum atomic E-state index is -0.661. The van der Waals surface area contributed by atoms with E-state index in [9.17, 15) is 10.1 Å². The highest BCUT2D eigenvalue weighted by Gasteiger charge is 2.14. The predicted molar refractivity (Wildman–Crippen MR) is 27.6 cm³/mol. The molecule has 6 heteroatoms. The van der Waals surface area contributed by atoms with Gasteiger partial charge in [-0.05, 0) is 0 Å². The molecular weight excluding hydrogens is 126 g/mol. The maximum Gasteiger partial charge on any atom is 0.352 e. The summed E-state index contributed by atoms with van der Waals surface area (Å²) in [6, 6.07) is 0. The zero-order valence-corrected chi connectivity index (χ0v) is 4.27. The normalized spacial score (nSPS) is 9.33. The Morgan fingerprint density at radius 2 is 2.56 bits per heavy atom. The summed E-state index contributed by atoms with van der Waals surface area (Å²) < 4.78 is 4.21. The van der Waals surface area contributed by atoms with Gasteiger partial charge >= 0.3 is 11.6 Å². The summed E-state index contributed by atoms with van der Waals surface area (Å²) >= 11 is 0. The summed E-state index contributed by atoms with van der Waals surface area (Å²) in [6.45, 7) is 0. The average Bonchev–Trinajstić information content (AvgIpc) is 2.13. The Kier molecular flexibility index (Phi) is 1.07. The Balaban J connectivity index is 3.08. The lowest BCUT2D eigenvalue weighted by Crippen LogP contribution is -1.90. The van der Waals surface area contributed by atoms with Gasteiger partial charge < -0.3 is 10.3 Å². The van der Waals surface area contributed by atoms with Crippen LogP contribution in [0.15, 0.2) is 10.7 Å². The van der Waals surface area contributed by atoms with Gasteiger partial charge in [0.05, 0.1) is 4.92 Å². The summed E-state index contributed by atoms with van der Waals surface area (Å²) in [5, 5.41) is 13.0. The third kappa shape index (κ3) is 0.809. The number of aromatic nitrogens is 1. The molecule has 0 radical (unpaired) electrons. The Hall–Kier alpha value is -1.59. The zero-order chi connectivity index (χ0) is 6.85. The van der Waals surface area contributed by atoms with Gasteiger partial charge in [0, 0.05) is 0 Å². The van der Waals surface area contributed by atoms with Crippen molar-refractivity contribution < 1.29 is 9.45 Å². The van der Waals surface area contributed by atoms with E-state index in [-0.39, 0.29) is 11.6 Å². The lowest BCUT2D eigenvalue weighted by Gasteiger charge is -1.80. The third-order valence-electron chi connectivity index (χ3n) is 0.775. The monoisotopic (exact) mass is 129 g/mol. The summed E-state index contributed by atoms with van der Waals surface area (Å²) in [5.74, 6) is -0.264. The first-order valence-electron chi connectivity index (χ1n) is 2.06. The van der Waals surface area contributed by atoms with Crippen molar-refractivity contribution in [2.75, 3.05) is 5.73 Å². The van der Waals surface area contributed by atoms with Gasteiger partial charge in [0.25, 0.3) is 0 Å². The topological polar surface area (TPSA) is 95.2 Å². The van der Waals surface area contributed by atoms with Crippen LogP contribution in [0.5, 0.6) is 0 Å². The molecule has 0 atom stereocenters. The Labute approximate surface area is 49.4 Å².